The van der Waals surface area contributed by atoms with Gasteiger partial charge >= 0.3 is 0 Å². The molecule has 0 saturated carbocycles. The van der Waals surface area contributed by atoms with Gasteiger partial charge in [-0.1, -0.05) is 0 Å². The third-order valence-corrected chi connectivity index (χ3v) is 3.34. The maximum absolute atomic E-state index is 5.50. The van der Waals surface area contributed by atoms with E-state index in [4.69, 9.17) is 4.74 Å². The lowest BCUT2D eigenvalue weighted by molar-refractivity contribution is 0.114. The van der Waals surface area contributed by atoms with E-state index < -0.39 is 0 Å². The molecule has 2 saturated heterocycles. The minimum Gasteiger partial charge on any atom is -0.381 e. The van der Waals surface area contributed by atoms with Gasteiger partial charge in [0.1, 0.15) is 0 Å². The maximum atomic E-state index is 5.50. The summed E-state index contributed by atoms with van der Waals surface area (Å²) in [5.74, 6) is 0. The fraction of sp³-hybridized carbons (Fsp3) is 1.00. The van der Waals surface area contributed by atoms with Crippen molar-refractivity contribution in [3.8, 4) is 0 Å². The second kappa shape index (κ2) is 5.10. The molecule has 0 spiro atoms. The summed E-state index contributed by atoms with van der Waals surface area (Å²) >= 11 is 0. The van der Waals surface area contributed by atoms with Crippen LogP contribution in [0.3, 0.4) is 0 Å². The van der Waals surface area contributed by atoms with Gasteiger partial charge in [-0.2, -0.15) is 0 Å². The highest BCUT2D eigenvalue weighted by Gasteiger charge is 2.24. The molecule has 0 bridgehead atoms. The van der Waals surface area contributed by atoms with Crippen LogP contribution < -0.4 is 5.32 Å². The molecule has 0 amide bonds. The molecule has 0 aliphatic carbocycles. The minimum absolute atomic E-state index is 0.660. The van der Waals surface area contributed by atoms with Crippen molar-refractivity contribution < 1.29 is 4.74 Å². The van der Waals surface area contributed by atoms with Crippen molar-refractivity contribution in [3.63, 3.8) is 0 Å². The number of ether oxygens (including phenoxy) is 1. The molecular weight excluding hydrogens is 176 g/mol. The lowest BCUT2D eigenvalue weighted by atomic mass is 10.1. The van der Waals surface area contributed by atoms with Gasteiger partial charge in [0.15, 0.2) is 0 Å². The molecule has 0 aromatic rings. The Balaban J connectivity index is 1.85. The second-order valence-corrected chi connectivity index (χ2v) is 4.55. The molecule has 1 unspecified atom stereocenters. The Bertz CT molecular complexity index is 167. The van der Waals surface area contributed by atoms with Gasteiger partial charge in [-0.25, -0.2) is 0 Å². The number of piperazine rings is 1. The number of nitrogens with zero attached hydrogens (tertiary/aromatic N) is 1. The van der Waals surface area contributed by atoms with Crippen LogP contribution in [0.25, 0.3) is 0 Å². The molecule has 2 aliphatic heterocycles. The molecule has 2 atom stereocenters. The maximum Gasteiger partial charge on any atom is 0.0480 e. The summed E-state index contributed by atoms with van der Waals surface area (Å²) in [7, 11) is 0. The quantitative estimate of drug-likeness (QED) is 0.676. The largest absolute Gasteiger partial charge is 0.381 e. The monoisotopic (exact) mass is 198 g/mol. The van der Waals surface area contributed by atoms with Crippen LogP contribution in [-0.4, -0.2) is 49.8 Å². The lowest BCUT2D eigenvalue weighted by Crippen LogP contribution is -2.52. The molecule has 3 heteroatoms. The zero-order chi connectivity index (χ0) is 9.80. The Morgan fingerprint density at radius 3 is 3.07 bits per heavy atom. The first-order chi connectivity index (χ1) is 6.86. The van der Waals surface area contributed by atoms with Crippen molar-refractivity contribution in [1.29, 1.82) is 0 Å². The second-order valence-electron chi connectivity index (χ2n) is 4.55. The molecule has 0 radical (unpaired) electrons. The first-order valence-electron chi connectivity index (χ1n) is 5.91. The van der Waals surface area contributed by atoms with E-state index in [1.807, 2.05) is 0 Å². The Hall–Kier alpha value is -0.120. The highest BCUT2D eigenvalue weighted by atomic mass is 16.5. The highest BCUT2D eigenvalue weighted by Crippen LogP contribution is 2.16. The van der Waals surface area contributed by atoms with E-state index in [0.717, 1.165) is 25.8 Å². The minimum atomic E-state index is 0.660. The third-order valence-electron chi connectivity index (χ3n) is 3.34. The lowest BCUT2D eigenvalue weighted by Gasteiger charge is -2.37. The number of hydrogen-bond acceptors (Lipinski definition) is 3. The van der Waals surface area contributed by atoms with Crippen LogP contribution in [0.5, 0.6) is 0 Å². The van der Waals surface area contributed by atoms with E-state index in [-0.39, 0.29) is 0 Å². The normalized spacial score (nSPS) is 36.6. The van der Waals surface area contributed by atoms with E-state index in [1.165, 1.54) is 32.4 Å². The van der Waals surface area contributed by atoms with Crippen LogP contribution in [0.15, 0.2) is 0 Å². The van der Waals surface area contributed by atoms with Crippen LogP contribution in [0.2, 0.25) is 0 Å². The van der Waals surface area contributed by atoms with Crippen molar-refractivity contribution in [3.05, 3.63) is 0 Å². The third kappa shape index (κ3) is 2.69. The molecule has 3 nitrogen and oxygen atoms in total. The predicted octanol–water partition coefficient (Wildman–Crippen LogP) is 0.849. The summed E-state index contributed by atoms with van der Waals surface area (Å²) in [5.41, 5.74) is 0. The molecule has 0 aromatic heterocycles. The predicted molar refractivity (Wildman–Crippen MR) is 57.5 cm³/mol. The van der Waals surface area contributed by atoms with Gasteiger partial charge in [0.25, 0.3) is 0 Å². The Morgan fingerprint density at radius 2 is 2.21 bits per heavy atom. The highest BCUT2D eigenvalue weighted by molar-refractivity contribution is 4.81. The summed E-state index contributed by atoms with van der Waals surface area (Å²) in [6.07, 6.45) is 3.79. The molecular formula is C11H22N2O. The van der Waals surface area contributed by atoms with Crippen LogP contribution >= 0.6 is 0 Å². The molecule has 2 fully saturated rings. The van der Waals surface area contributed by atoms with Crippen molar-refractivity contribution in [1.82, 2.24) is 10.2 Å². The zero-order valence-electron chi connectivity index (χ0n) is 9.17. The van der Waals surface area contributed by atoms with E-state index >= 15 is 0 Å². The Labute approximate surface area is 86.8 Å². The fourth-order valence-corrected chi connectivity index (χ4v) is 2.55. The van der Waals surface area contributed by atoms with Gasteiger partial charge < -0.3 is 10.1 Å². The van der Waals surface area contributed by atoms with Crippen LogP contribution in [0.1, 0.15) is 26.2 Å². The van der Waals surface area contributed by atoms with Gasteiger partial charge in [0.05, 0.1) is 0 Å². The topological polar surface area (TPSA) is 24.5 Å². The number of rotatable bonds is 1. The average molecular weight is 198 g/mol. The number of nitrogens with one attached hydrogen (secondary N) is 1. The van der Waals surface area contributed by atoms with Crippen molar-refractivity contribution >= 4 is 0 Å². The van der Waals surface area contributed by atoms with Gasteiger partial charge in [-0.05, 0) is 26.2 Å². The van der Waals surface area contributed by atoms with Crippen molar-refractivity contribution in [2.75, 3.05) is 32.8 Å². The standard InChI is InChI=1S/C11H22N2O/c1-10-9-13(6-5-12-10)11-3-2-7-14-8-4-11/h10-12H,2-9H2,1H3/t10-,11?/m1/s1. The van der Waals surface area contributed by atoms with Crippen molar-refractivity contribution in [2.24, 2.45) is 0 Å². The van der Waals surface area contributed by atoms with Crippen LogP contribution in [-0.2, 0) is 4.74 Å². The summed E-state index contributed by atoms with van der Waals surface area (Å²) in [4.78, 5) is 2.65. The zero-order valence-corrected chi connectivity index (χ0v) is 9.17. The fourth-order valence-electron chi connectivity index (χ4n) is 2.55. The summed E-state index contributed by atoms with van der Waals surface area (Å²) in [5, 5.41) is 3.49. The molecule has 2 rings (SSSR count). The van der Waals surface area contributed by atoms with Gasteiger partial charge in [0, 0.05) is 44.9 Å². The van der Waals surface area contributed by atoms with E-state index in [9.17, 15) is 0 Å². The van der Waals surface area contributed by atoms with Gasteiger partial charge in [-0.3, -0.25) is 4.90 Å². The Morgan fingerprint density at radius 1 is 1.29 bits per heavy atom. The van der Waals surface area contributed by atoms with E-state index in [0.29, 0.717) is 6.04 Å². The van der Waals surface area contributed by atoms with Crippen LogP contribution in [0, 0.1) is 0 Å². The summed E-state index contributed by atoms with van der Waals surface area (Å²) in [6.45, 7) is 7.79. The van der Waals surface area contributed by atoms with E-state index in [2.05, 4.69) is 17.1 Å². The van der Waals surface area contributed by atoms with Gasteiger partial charge in [-0.15, -0.1) is 0 Å². The molecule has 0 aromatic carbocycles. The first-order valence-corrected chi connectivity index (χ1v) is 5.91. The van der Waals surface area contributed by atoms with Crippen LogP contribution in [0.4, 0.5) is 0 Å². The first kappa shape index (κ1) is 10.4. The average Bonchev–Trinajstić information content (AvgIpc) is 2.45. The smallest absolute Gasteiger partial charge is 0.0480 e. The molecule has 2 heterocycles. The van der Waals surface area contributed by atoms with E-state index in [1.54, 1.807) is 0 Å². The molecule has 14 heavy (non-hydrogen) atoms. The van der Waals surface area contributed by atoms with Gasteiger partial charge in [0.2, 0.25) is 0 Å². The molecule has 82 valence electrons. The van der Waals surface area contributed by atoms with Crippen molar-refractivity contribution in [2.45, 2.75) is 38.3 Å². The molecule has 2 aliphatic rings. The molecule has 1 N–H and O–H groups in total. The summed E-state index contributed by atoms with van der Waals surface area (Å²) in [6, 6.07) is 1.44. The summed E-state index contributed by atoms with van der Waals surface area (Å²) < 4.78 is 5.50. The SMILES string of the molecule is C[C@@H]1CN(C2CCCOCC2)CCN1. The Kier molecular flexibility index (Phi) is 3.79. The number of hydrogen-bond donors (Lipinski definition) is 1.